The summed E-state index contributed by atoms with van der Waals surface area (Å²) in [6, 6.07) is 10.2. The Kier molecular flexibility index (Phi) is 5.59. The largest absolute Gasteiger partial charge is 0.369 e. The van der Waals surface area contributed by atoms with Gasteiger partial charge in [-0.05, 0) is 62.1 Å². The fourth-order valence-electron chi connectivity index (χ4n) is 5.00. The second-order valence-electron chi connectivity index (χ2n) is 9.29. The average Bonchev–Trinajstić information content (AvgIpc) is 3.40. The summed E-state index contributed by atoms with van der Waals surface area (Å²) in [6.45, 7) is 7.96. The number of fused-ring (bicyclic) bond motifs is 2. The second-order valence-corrected chi connectivity index (χ2v) is 9.29. The number of hydrogen-bond acceptors (Lipinski definition) is 4. The van der Waals surface area contributed by atoms with Crippen LogP contribution in [0.3, 0.4) is 0 Å². The summed E-state index contributed by atoms with van der Waals surface area (Å²) in [5, 5.41) is 0.996. The molecule has 4 heterocycles. The van der Waals surface area contributed by atoms with Crippen molar-refractivity contribution in [3.8, 4) is 0 Å². The van der Waals surface area contributed by atoms with Gasteiger partial charge in [0.15, 0.2) is 5.65 Å². The molecule has 0 radical (unpaired) electrons. The molecule has 8 heteroatoms. The van der Waals surface area contributed by atoms with Gasteiger partial charge in [-0.1, -0.05) is 13.0 Å². The Labute approximate surface area is 198 Å². The van der Waals surface area contributed by atoms with Gasteiger partial charge in [-0.2, -0.15) is 0 Å². The highest BCUT2D eigenvalue weighted by atomic mass is 16.2. The topological polar surface area (TPSA) is 110 Å². The molecule has 0 atom stereocenters. The van der Waals surface area contributed by atoms with E-state index in [1.165, 1.54) is 0 Å². The third-order valence-corrected chi connectivity index (χ3v) is 6.86. The zero-order valence-corrected chi connectivity index (χ0v) is 19.9. The first kappa shape index (κ1) is 22.1. The number of piperidine rings is 1. The Bertz CT molecular complexity index is 1410. The van der Waals surface area contributed by atoms with E-state index in [9.17, 15) is 9.59 Å². The number of carbonyl (C=O) groups is 2. The Morgan fingerprint density at radius 2 is 1.88 bits per heavy atom. The molecule has 176 valence electrons. The molecular weight excluding hydrogens is 428 g/mol. The number of pyridine rings is 1. The lowest BCUT2D eigenvalue weighted by molar-refractivity contribution is -0.123. The van der Waals surface area contributed by atoms with E-state index in [-0.39, 0.29) is 17.7 Å². The van der Waals surface area contributed by atoms with Crippen LogP contribution in [0.5, 0.6) is 0 Å². The Hall–Kier alpha value is -3.68. The molecule has 8 nitrogen and oxygen atoms in total. The van der Waals surface area contributed by atoms with E-state index >= 15 is 0 Å². The molecule has 1 aliphatic rings. The standard InChI is InChI=1S/C26H30N6O2/c1-4-22-30-23-15(2)11-16(3)28-25(23)32(22)14-17-5-6-20-19(12-17)13-21(29-20)26(34)31-9-7-18(8-10-31)24(27)33/h5-6,11-13,18,29H,4,7-10,14H2,1-3H3,(H2,27,33). The minimum atomic E-state index is -0.275. The van der Waals surface area contributed by atoms with Crippen molar-refractivity contribution in [2.75, 3.05) is 13.1 Å². The van der Waals surface area contributed by atoms with Gasteiger partial charge in [-0.25, -0.2) is 9.97 Å². The lowest BCUT2D eigenvalue weighted by Crippen LogP contribution is -2.41. The number of nitrogens with two attached hydrogens (primary N) is 1. The van der Waals surface area contributed by atoms with Gasteiger partial charge in [-0.3, -0.25) is 9.59 Å². The summed E-state index contributed by atoms with van der Waals surface area (Å²) in [4.78, 5) is 39.1. The number of benzene rings is 1. The average molecular weight is 459 g/mol. The zero-order chi connectivity index (χ0) is 24.0. The predicted molar refractivity (Wildman–Crippen MR) is 132 cm³/mol. The van der Waals surface area contributed by atoms with Gasteiger partial charge >= 0.3 is 0 Å². The number of aryl methyl sites for hydroxylation is 3. The molecule has 2 amide bonds. The summed E-state index contributed by atoms with van der Waals surface area (Å²) >= 11 is 0. The number of carbonyl (C=O) groups excluding carboxylic acids is 2. The normalized spacial score (nSPS) is 14.9. The van der Waals surface area contributed by atoms with Crippen molar-refractivity contribution in [2.24, 2.45) is 11.7 Å². The number of primary amides is 1. The number of hydrogen-bond donors (Lipinski definition) is 2. The number of likely N-dealkylation sites (tertiary alicyclic amines) is 1. The van der Waals surface area contributed by atoms with Gasteiger partial charge < -0.3 is 20.2 Å². The van der Waals surface area contributed by atoms with Crippen LogP contribution in [0.4, 0.5) is 0 Å². The summed E-state index contributed by atoms with van der Waals surface area (Å²) in [7, 11) is 0. The van der Waals surface area contributed by atoms with Crippen LogP contribution in [0.25, 0.3) is 22.1 Å². The predicted octanol–water partition coefficient (Wildman–Crippen LogP) is 3.48. The van der Waals surface area contributed by atoms with Gasteiger partial charge in [-0.15, -0.1) is 0 Å². The Balaban J connectivity index is 1.41. The molecule has 0 unspecified atom stereocenters. The van der Waals surface area contributed by atoms with Crippen molar-refractivity contribution in [3.05, 3.63) is 58.7 Å². The van der Waals surface area contributed by atoms with Crippen LogP contribution >= 0.6 is 0 Å². The monoisotopic (exact) mass is 458 g/mol. The third kappa shape index (κ3) is 3.93. The maximum atomic E-state index is 13.0. The van der Waals surface area contributed by atoms with Crippen LogP contribution in [0.15, 0.2) is 30.3 Å². The van der Waals surface area contributed by atoms with E-state index in [0.717, 1.165) is 51.1 Å². The number of imidazole rings is 1. The van der Waals surface area contributed by atoms with Crippen molar-refractivity contribution in [1.29, 1.82) is 0 Å². The molecule has 0 aliphatic carbocycles. The molecule has 5 rings (SSSR count). The molecule has 0 saturated carbocycles. The van der Waals surface area contributed by atoms with Crippen molar-refractivity contribution < 1.29 is 9.59 Å². The number of aromatic nitrogens is 4. The third-order valence-electron chi connectivity index (χ3n) is 6.86. The maximum absolute atomic E-state index is 13.0. The molecule has 0 spiro atoms. The van der Waals surface area contributed by atoms with E-state index in [2.05, 4.69) is 41.6 Å². The Morgan fingerprint density at radius 1 is 1.12 bits per heavy atom. The SMILES string of the molecule is CCc1nc2c(C)cc(C)nc2n1Cc1ccc2[nH]c(C(=O)N3CCC(C(N)=O)CC3)cc2c1. The summed E-state index contributed by atoms with van der Waals surface area (Å²) in [5.41, 5.74) is 12.0. The fourth-order valence-corrected chi connectivity index (χ4v) is 5.00. The number of nitrogens with one attached hydrogen (secondary N) is 1. The quantitative estimate of drug-likeness (QED) is 0.477. The van der Waals surface area contributed by atoms with Crippen LogP contribution in [-0.2, 0) is 17.8 Å². The van der Waals surface area contributed by atoms with Crippen molar-refractivity contribution >= 4 is 33.9 Å². The molecule has 3 N–H and O–H groups in total. The molecule has 4 aromatic rings. The molecule has 1 aromatic carbocycles. The summed E-state index contributed by atoms with van der Waals surface area (Å²) in [5.74, 6) is 0.566. The van der Waals surface area contributed by atoms with Crippen molar-refractivity contribution in [1.82, 2.24) is 24.4 Å². The lowest BCUT2D eigenvalue weighted by Gasteiger charge is -2.30. The van der Waals surface area contributed by atoms with E-state index in [0.29, 0.717) is 38.2 Å². The van der Waals surface area contributed by atoms with E-state index < -0.39 is 0 Å². The molecule has 0 bridgehead atoms. The number of nitrogens with zero attached hydrogens (tertiary/aromatic N) is 4. The number of aromatic amines is 1. The van der Waals surface area contributed by atoms with Crippen molar-refractivity contribution in [3.63, 3.8) is 0 Å². The number of H-pyrrole nitrogens is 1. The maximum Gasteiger partial charge on any atom is 0.270 e. The van der Waals surface area contributed by atoms with Crippen LogP contribution in [0.2, 0.25) is 0 Å². The summed E-state index contributed by atoms with van der Waals surface area (Å²) in [6.07, 6.45) is 2.07. The lowest BCUT2D eigenvalue weighted by atomic mass is 9.96. The van der Waals surface area contributed by atoms with Crippen LogP contribution in [0.1, 0.15) is 52.9 Å². The van der Waals surface area contributed by atoms with Gasteiger partial charge in [0.05, 0.1) is 6.54 Å². The number of rotatable bonds is 5. The highest BCUT2D eigenvalue weighted by Gasteiger charge is 2.27. The Morgan fingerprint density at radius 3 is 2.59 bits per heavy atom. The van der Waals surface area contributed by atoms with Crippen LogP contribution in [0, 0.1) is 19.8 Å². The number of amides is 2. The first-order valence-corrected chi connectivity index (χ1v) is 11.9. The first-order chi connectivity index (χ1) is 16.3. The smallest absolute Gasteiger partial charge is 0.270 e. The van der Waals surface area contributed by atoms with Gasteiger partial charge in [0.2, 0.25) is 5.91 Å². The molecular formula is C26H30N6O2. The molecule has 1 saturated heterocycles. The highest BCUT2D eigenvalue weighted by Crippen LogP contribution is 2.24. The second kappa shape index (κ2) is 8.59. The molecule has 1 fully saturated rings. The van der Waals surface area contributed by atoms with Gasteiger partial charge in [0, 0.05) is 42.0 Å². The zero-order valence-electron chi connectivity index (χ0n) is 19.9. The first-order valence-electron chi connectivity index (χ1n) is 11.9. The van der Waals surface area contributed by atoms with E-state index in [4.69, 9.17) is 15.7 Å². The highest BCUT2D eigenvalue weighted by molar-refractivity contribution is 5.98. The molecule has 34 heavy (non-hydrogen) atoms. The van der Waals surface area contributed by atoms with Crippen molar-refractivity contribution in [2.45, 2.75) is 46.6 Å². The minimum Gasteiger partial charge on any atom is -0.369 e. The van der Waals surface area contributed by atoms with E-state index in [1.54, 1.807) is 4.90 Å². The van der Waals surface area contributed by atoms with E-state index in [1.807, 2.05) is 19.1 Å². The molecule has 1 aliphatic heterocycles. The van der Waals surface area contributed by atoms with Gasteiger partial charge in [0.25, 0.3) is 5.91 Å². The van der Waals surface area contributed by atoms with Gasteiger partial charge in [0.1, 0.15) is 17.0 Å². The molecule has 3 aromatic heterocycles. The fraction of sp³-hybridized carbons (Fsp3) is 0.385. The van der Waals surface area contributed by atoms with Crippen LogP contribution in [-0.4, -0.2) is 49.3 Å². The summed E-state index contributed by atoms with van der Waals surface area (Å²) < 4.78 is 2.19. The minimum absolute atomic E-state index is 0.0373. The van der Waals surface area contributed by atoms with Crippen LogP contribution < -0.4 is 5.73 Å².